The summed E-state index contributed by atoms with van der Waals surface area (Å²) < 4.78 is 3.84. The lowest BCUT2D eigenvalue weighted by Gasteiger charge is -1.96. The predicted molar refractivity (Wildman–Crippen MR) is 77.1 cm³/mol. The van der Waals surface area contributed by atoms with Crippen molar-refractivity contribution >= 4 is 0 Å². The van der Waals surface area contributed by atoms with E-state index in [1.807, 2.05) is 35.4 Å². The fourth-order valence-corrected chi connectivity index (χ4v) is 2.12. The van der Waals surface area contributed by atoms with Crippen LogP contribution >= 0.6 is 0 Å². The maximum absolute atomic E-state index is 4.47. The quantitative estimate of drug-likeness (QED) is 0.745. The van der Waals surface area contributed by atoms with Gasteiger partial charge in [-0.3, -0.25) is 9.36 Å². The lowest BCUT2D eigenvalue weighted by molar-refractivity contribution is 0.694. The fraction of sp³-hybridized carbons (Fsp3) is 0.333. The Hall–Kier alpha value is -2.10. The van der Waals surface area contributed by atoms with Gasteiger partial charge in [0.2, 0.25) is 0 Å². The van der Waals surface area contributed by atoms with Gasteiger partial charge in [0, 0.05) is 18.8 Å². The lowest BCUT2D eigenvalue weighted by Crippen LogP contribution is -1.94. The van der Waals surface area contributed by atoms with Crippen LogP contribution < -0.4 is 0 Å². The molecule has 0 aliphatic rings. The number of hydrogen-bond acceptors (Lipinski definition) is 2. The number of rotatable bonds is 6. The maximum Gasteiger partial charge on any atom is 0.0629 e. The van der Waals surface area contributed by atoms with Crippen LogP contribution in [-0.2, 0) is 19.5 Å². The van der Waals surface area contributed by atoms with E-state index < -0.39 is 0 Å². The molecule has 0 aliphatic carbocycles. The molecule has 2 aromatic heterocycles. The van der Waals surface area contributed by atoms with Gasteiger partial charge in [-0.1, -0.05) is 12.2 Å². The topological polar surface area (TPSA) is 35.6 Å². The van der Waals surface area contributed by atoms with Gasteiger partial charge in [0.15, 0.2) is 0 Å². The van der Waals surface area contributed by atoms with Crippen molar-refractivity contribution in [3.63, 3.8) is 0 Å². The van der Waals surface area contributed by atoms with Crippen LogP contribution in [-0.4, -0.2) is 19.6 Å². The first-order valence-electron chi connectivity index (χ1n) is 6.41. The first-order chi connectivity index (χ1) is 9.13. The molecule has 0 unspecified atom stereocenters. The average Bonchev–Trinajstić information content (AvgIpc) is 2.86. The fourth-order valence-electron chi connectivity index (χ4n) is 2.12. The van der Waals surface area contributed by atoms with Gasteiger partial charge in [-0.2, -0.15) is 10.2 Å². The van der Waals surface area contributed by atoms with Gasteiger partial charge in [0.1, 0.15) is 0 Å². The Bertz CT molecular complexity index is 537. The second-order valence-electron chi connectivity index (χ2n) is 4.68. The van der Waals surface area contributed by atoms with E-state index in [0.29, 0.717) is 0 Å². The van der Waals surface area contributed by atoms with Gasteiger partial charge >= 0.3 is 0 Å². The summed E-state index contributed by atoms with van der Waals surface area (Å²) >= 11 is 0. The van der Waals surface area contributed by atoms with Crippen LogP contribution in [0.25, 0.3) is 0 Å². The molecule has 2 rings (SSSR count). The molecule has 0 saturated carbocycles. The molecule has 0 bridgehead atoms. The summed E-state index contributed by atoms with van der Waals surface area (Å²) in [5.41, 5.74) is 4.61. The highest BCUT2D eigenvalue weighted by Crippen LogP contribution is 2.15. The van der Waals surface area contributed by atoms with E-state index in [1.165, 1.54) is 11.1 Å². The SMILES string of the molecule is C=CCn1cc(Cc2cn(CC=C)nc2C)c(C)n1. The summed E-state index contributed by atoms with van der Waals surface area (Å²) in [5, 5.41) is 8.94. The molecule has 100 valence electrons. The Labute approximate surface area is 114 Å². The smallest absolute Gasteiger partial charge is 0.0629 e. The zero-order valence-corrected chi connectivity index (χ0v) is 11.6. The Kier molecular flexibility index (Phi) is 4.00. The number of nitrogens with zero attached hydrogens (tertiary/aromatic N) is 4. The first-order valence-corrected chi connectivity index (χ1v) is 6.41. The van der Waals surface area contributed by atoms with E-state index in [-0.39, 0.29) is 0 Å². The van der Waals surface area contributed by atoms with Crippen LogP contribution in [0.3, 0.4) is 0 Å². The third-order valence-corrected chi connectivity index (χ3v) is 3.11. The minimum atomic E-state index is 0.746. The van der Waals surface area contributed by atoms with Crippen molar-refractivity contribution in [3.8, 4) is 0 Å². The summed E-state index contributed by atoms with van der Waals surface area (Å²) in [4.78, 5) is 0. The summed E-state index contributed by atoms with van der Waals surface area (Å²) in [6.07, 6.45) is 8.74. The molecule has 0 amide bonds. The van der Waals surface area contributed by atoms with Gasteiger partial charge in [-0.25, -0.2) is 0 Å². The van der Waals surface area contributed by atoms with E-state index in [9.17, 15) is 0 Å². The Balaban J connectivity index is 2.20. The Morgan fingerprint density at radius 2 is 1.37 bits per heavy atom. The summed E-state index contributed by atoms with van der Waals surface area (Å²) in [6.45, 7) is 13.0. The molecule has 0 saturated heterocycles. The van der Waals surface area contributed by atoms with Crippen LogP contribution in [0.5, 0.6) is 0 Å². The summed E-state index contributed by atoms with van der Waals surface area (Å²) in [7, 11) is 0. The van der Waals surface area contributed by atoms with E-state index in [2.05, 4.69) is 35.7 Å². The Morgan fingerprint density at radius 3 is 1.74 bits per heavy atom. The van der Waals surface area contributed by atoms with Crippen molar-refractivity contribution in [1.29, 1.82) is 0 Å². The molecule has 0 aromatic carbocycles. The zero-order chi connectivity index (χ0) is 13.8. The van der Waals surface area contributed by atoms with Crippen LogP contribution in [0.15, 0.2) is 37.7 Å². The normalized spacial score (nSPS) is 10.6. The molecule has 4 heteroatoms. The highest BCUT2D eigenvalue weighted by Gasteiger charge is 2.09. The average molecular weight is 256 g/mol. The molecule has 2 aromatic rings. The molecular formula is C15H20N4. The highest BCUT2D eigenvalue weighted by molar-refractivity contribution is 5.27. The van der Waals surface area contributed by atoms with Crippen LogP contribution in [0.2, 0.25) is 0 Å². The maximum atomic E-state index is 4.47. The van der Waals surface area contributed by atoms with E-state index in [1.54, 1.807) is 0 Å². The van der Waals surface area contributed by atoms with Crippen LogP contribution in [0.4, 0.5) is 0 Å². The number of aryl methyl sites for hydroxylation is 2. The van der Waals surface area contributed by atoms with Crippen LogP contribution in [0.1, 0.15) is 22.5 Å². The minimum Gasteiger partial charge on any atom is -0.268 e. The second kappa shape index (κ2) is 5.69. The van der Waals surface area contributed by atoms with E-state index in [4.69, 9.17) is 0 Å². The van der Waals surface area contributed by atoms with Gasteiger partial charge in [-0.05, 0) is 25.0 Å². The molecule has 2 heterocycles. The molecule has 0 aliphatic heterocycles. The van der Waals surface area contributed by atoms with Crippen molar-refractivity contribution in [2.45, 2.75) is 33.4 Å². The van der Waals surface area contributed by atoms with Gasteiger partial charge < -0.3 is 0 Å². The monoisotopic (exact) mass is 256 g/mol. The zero-order valence-electron chi connectivity index (χ0n) is 11.6. The molecule has 0 atom stereocenters. The molecule has 0 radical (unpaired) electrons. The summed E-state index contributed by atoms with van der Waals surface area (Å²) in [6, 6.07) is 0. The summed E-state index contributed by atoms with van der Waals surface area (Å²) in [5.74, 6) is 0. The third-order valence-electron chi connectivity index (χ3n) is 3.11. The minimum absolute atomic E-state index is 0.746. The molecule has 4 nitrogen and oxygen atoms in total. The van der Waals surface area contributed by atoms with Crippen molar-refractivity contribution < 1.29 is 0 Å². The van der Waals surface area contributed by atoms with E-state index in [0.717, 1.165) is 30.9 Å². The van der Waals surface area contributed by atoms with Crippen molar-refractivity contribution in [3.05, 3.63) is 60.2 Å². The van der Waals surface area contributed by atoms with Crippen molar-refractivity contribution in [1.82, 2.24) is 19.6 Å². The molecule has 0 N–H and O–H groups in total. The number of hydrogen-bond donors (Lipinski definition) is 0. The number of aromatic nitrogens is 4. The van der Waals surface area contributed by atoms with Gasteiger partial charge in [0.05, 0.1) is 24.5 Å². The van der Waals surface area contributed by atoms with Crippen molar-refractivity contribution in [2.75, 3.05) is 0 Å². The van der Waals surface area contributed by atoms with Crippen molar-refractivity contribution in [2.24, 2.45) is 0 Å². The van der Waals surface area contributed by atoms with E-state index >= 15 is 0 Å². The number of allylic oxidation sites excluding steroid dienone is 2. The largest absolute Gasteiger partial charge is 0.268 e. The van der Waals surface area contributed by atoms with Gasteiger partial charge in [-0.15, -0.1) is 13.2 Å². The van der Waals surface area contributed by atoms with Gasteiger partial charge in [0.25, 0.3) is 0 Å². The molecule has 0 spiro atoms. The lowest BCUT2D eigenvalue weighted by atomic mass is 10.1. The Morgan fingerprint density at radius 1 is 0.947 bits per heavy atom. The molecule has 19 heavy (non-hydrogen) atoms. The first kappa shape index (κ1) is 13.3. The molecular weight excluding hydrogens is 236 g/mol. The third kappa shape index (κ3) is 3.02. The standard InChI is InChI=1S/C15H20N4/c1-5-7-18-10-14(12(3)16-18)9-15-11-19(8-6-2)17-13(15)4/h5-6,10-11H,1-2,7-9H2,3-4H3. The predicted octanol–water partition coefficient (Wildman–Crippen LogP) is 2.66. The highest BCUT2D eigenvalue weighted by atomic mass is 15.3. The second-order valence-corrected chi connectivity index (χ2v) is 4.68. The van der Waals surface area contributed by atoms with Crippen LogP contribution in [0, 0.1) is 13.8 Å². The molecule has 0 fully saturated rings.